The van der Waals surface area contributed by atoms with Crippen molar-refractivity contribution in [2.45, 2.75) is 25.0 Å². The molecule has 2 amide bonds. The van der Waals surface area contributed by atoms with E-state index in [0.29, 0.717) is 13.2 Å². The van der Waals surface area contributed by atoms with Crippen LogP contribution in [0.1, 0.15) is 12.8 Å². The van der Waals surface area contributed by atoms with E-state index in [0.717, 1.165) is 24.3 Å². The largest absolute Gasteiger partial charge is 0.373 e. The highest BCUT2D eigenvalue weighted by molar-refractivity contribution is 8.88. The molecule has 0 radical (unpaired) electrons. The Bertz CT molecular complexity index is 417. The van der Waals surface area contributed by atoms with E-state index in [1.807, 2.05) is 22.8 Å². The fourth-order valence-corrected chi connectivity index (χ4v) is 10.3. The van der Waals surface area contributed by atoms with Crippen molar-refractivity contribution in [2.75, 3.05) is 24.7 Å². The summed E-state index contributed by atoms with van der Waals surface area (Å²) in [6.45, 7) is 0.426. The van der Waals surface area contributed by atoms with Crippen molar-refractivity contribution in [2.24, 2.45) is 11.8 Å². The number of hydrogen-bond acceptors (Lipinski definition) is 6. The Balaban J connectivity index is 1.37. The van der Waals surface area contributed by atoms with Crippen LogP contribution in [-0.2, 0) is 18.8 Å². The molecule has 4 rings (SSSR count). The van der Waals surface area contributed by atoms with Crippen LogP contribution in [0.3, 0.4) is 0 Å². The van der Waals surface area contributed by atoms with E-state index in [1.165, 1.54) is 4.90 Å². The number of rotatable bonds is 4. The Morgan fingerprint density at radius 1 is 1.15 bits per heavy atom. The van der Waals surface area contributed by atoms with E-state index < -0.39 is 6.55 Å². The van der Waals surface area contributed by atoms with E-state index in [-0.39, 0.29) is 35.9 Å². The predicted molar refractivity (Wildman–Crippen MR) is 79.4 cm³/mol. The minimum absolute atomic E-state index is 0.0160. The minimum atomic E-state index is -0.452. The highest BCUT2D eigenvalue weighted by Crippen LogP contribution is 2.66. The lowest BCUT2D eigenvalue weighted by atomic mass is 9.81. The van der Waals surface area contributed by atoms with E-state index in [2.05, 4.69) is 0 Å². The van der Waals surface area contributed by atoms with Crippen molar-refractivity contribution in [3.8, 4) is 0 Å². The summed E-state index contributed by atoms with van der Waals surface area (Å²) < 4.78 is 11.5. The van der Waals surface area contributed by atoms with Crippen LogP contribution in [0.5, 0.6) is 0 Å². The van der Waals surface area contributed by atoms with Crippen molar-refractivity contribution in [1.29, 1.82) is 0 Å². The number of carbonyl (C=O) groups excluding carboxylic acids is 2. The lowest BCUT2D eigenvalue weighted by molar-refractivity contribution is -0.142. The molecule has 20 heavy (non-hydrogen) atoms. The summed E-state index contributed by atoms with van der Waals surface area (Å²) in [5.41, 5.74) is 0. The third-order valence-electron chi connectivity index (χ3n) is 4.36. The summed E-state index contributed by atoms with van der Waals surface area (Å²) >= 11 is 3.70. The second kappa shape index (κ2) is 5.43. The summed E-state index contributed by atoms with van der Waals surface area (Å²) in [6.07, 6.45) is 1.82. The SMILES string of the molecule is O=C1C2C3CCC(O3)C2C(=O)N1CCOP1SCCS1. The number of carbonyl (C=O) groups is 2. The summed E-state index contributed by atoms with van der Waals surface area (Å²) in [4.78, 5) is 26.2. The van der Waals surface area contributed by atoms with Crippen LogP contribution in [0.15, 0.2) is 0 Å². The van der Waals surface area contributed by atoms with Gasteiger partial charge in [0.2, 0.25) is 11.8 Å². The average molecular weight is 333 g/mol. The molecule has 0 aliphatic carbocycles. The first kappa shape index (κ1) is 13.8. The van der Waals surface area contributed by atoms with Gasteiger partial charge in [0.15, 0.2) is 6.55 Å². The van der Waals surface area contributed by atoms with Gasteiger partial charge in [0.25, 0.3) is 0 Å². The lowest BCUT2D eigenvalue weighted by Gasteiger charge is -2.18. The van der Waals surface area contributed by atoms with Crippen LogP contribution >= 0.6 is 29.3 Å². The molecular formula is C12H16NO4PS2. The molecule has 110 valence electrons. The van der Waals surface area contributed by atoms with Gasteiger partial charge in [-0.2, -0.15) is 0 Å². The molecular weight excluding hydrogens is 317 g/mol. The Labute approximate surface area is 126 Å². The number of ether oxygens (including phenoxy) is 1. The van der Waals surface area contributed by atoms with Crippen LogP contribution in [0.4, 0.5) is 0 Å². The fourth-order valence-electron chi connectivity index (χ4n) is 3.54. The van der Waals surface area contributed by atoms with Gasteiger partial charge in [-0.05, 0) is 12.8 Å². The molecule has 4 aliphatic rings. The van der Waals surface area contributed by atoms with Gasteiger partial charge in [-0.15, -0.1) is 0 Å². The normalized spacial score (nSPS) is 40.1. The maximum Gasteiger partial charge on any atom is 0.235 e. The average Bonchev–Trinajstić information content (AvgIpc) is 3.18. The minimum Gasteiger partial charge on any atom is -0.373 e. The van der Waals surface area contributed by atoms with Crippen LogP contribution in [0, 0.1) is 11.8 Å². The zero-order valence-corrected chi connectivity index (χ0v) is 13.4. The highest BCUT2D eigenvalue weighted by Gasteiger charge is 2.62. The molecule has 0 N–H and O–H groups in total. The zero-order valence-electron chi connectivity index (χ0n) is 10.9. The molecule has 4 heterocycles. The maximum absolute atomic E-state index is 12.4. The molecule has 4 atom stereocenters. The van der Waals surface area contributed by atoms with Gasteiger partial charge in [0.05, 0.1) is 37.2 Å². The number of fused-ring (bicyclic) bond motifs is 5. The Morgan fingerprint density at radius 3 is 2.35 bits per heavy atom. The van der Waals surface area contributed by atoms with Crippen molar-refractivity contribution in [1.82, 2.24) is 4.90 Å². The molecule has 5 nitrogen and oxygen atoms in total. The van der Waals surface area contributed by atoms with E-state index in [9.17, 15) is 9.59 Å². The van der Waals surface area contributed by atoms with Crippen molar-refractivity contribution < 1.29 is 18.8 Å². The Morgan fingerprint density at radius 2 is 1.75 bits per heavy atom. The molecule has 4 saturated heterocycles. The standard InChI is InChI=1S/C12H16NO4PS2/c14-11-9-7-1-2-8(17-7)10(9)12(15)13(11)3-4-16-18-19-5-6-20-18/h7-10H,1-6H2. The van der Waals surface area contributed by atoms with Crippen LogP contribution in [0.25, 0.3) is 0 Å². The van der Waals surface area contributed by atoms with Gasteiger partial charge in [-0.3, -0.25) is 14.5 Å². The number of hydrogen-bond donors (Lipinski definition) is 0. The topological polar surface area (TPSA) is 55.8 Å². The molecule has 4 unspecified atom stereocenters. The van der Waals surface area contributed by atoms with Crippen molar-refractivity contribution >= 4 is 41.1 Å². The third-order valence-corrected chi connectivity index (χ3v) is 11.1. The molecule has 0 aromatic heterocycles. The van der Waals surface area contributed by atoms with Gasteiger partial charge in [-0.1, -0.05) is 22.8 Å². The van der Waals surface area contributed by atoms with Gasteiger partial charge in [0.1, 0.15) is 0 Å². The Hall–Kier alpha value is 0.190. The van der Waals surface area contributed by atoms with Crippen LogP contribution in [-0.4, -0.2) is 53.6 Å². The fraction of sp³-hybridized carbons (Fsp3) is 0.833. The smallest absolute Gasteiger partial charge is 0.235 e. The number of amides is 2. The van der Waals surface area contributed by atoms with E-state index in [1.54, 1.807) is 0 Å². The third kappa shape index (κ3) is 2.13. The number of imide groups is 1. The second-order valence-corrected chi connectivity index (χ2v) is 11.7. The lowest BCUT2D eigenvalue weighted by Crippen LogP contribution is -2.36. The molecule has 2 bridgehead atoms. The van der Waals surface area contributed by atoms with Crippen LogP contribution in [0.2, 0.25) is 0 Å². The Kier molecular flexibility index (Phi) is 3.75. The molecule has 0 aromatic carbocycles. The summed E-state index contributed by atoms with van der Waals surface area (Å²) in [5, 5.41) is 0. The van der Waals surface area contributed by atoms with Gasteiger partial charge in [-0.25, -0.2) is 0 Å². The van der Waals surface area contributed by atoms with E-state index in [4.69, 9.17) is 9.26 Å². The predicted octanol–water partition coefficient (Wildman–Crippen LogP) is 1.87. The van der Waals surface area contributed by atoms with E-state index >= 15 is 0 Å². The highest BCUT2D eigenvalue weighted by atomic mass is 33.1. The summed E-state index contributed by atoms with van der Waals surface area (Å²) in [5.74, 6) is 1.81. The molecule has 0 saturated carbocycles. The van der Waals surface area contributed by atoms with Gasteiger partial charge in [0, 0.05) is 11.5 Å². The number of nitrogens with zero attached hydrogens (tertiary/aromatic N) is 1. The number of likely N-dealkylation sites (tertiary alicyclic amines) is 1. The zero-order chi connectivity index (χ0) is 13.7. The first-order valence-electron chi connectivity index (χ1n) is 6.95. The first-order chi connectivity index (χ1) is 9.75. The van der Waals surface area contributed by atoms with Crippen molar-refractivity contribution in [3.63, 3.8) is 0 Å². The first-order valence-corrected chi connectivity index (χ1v) is 11.4. The monoisotopic (exact) mass is 333 g/mol. The molecule has 0 spiro atoms. The summed E-state index contributed by atoms with van der Waals surface area (Å²) in [6, 6.07) is 0. The second-order valence-electron chi connectivity index (χ2n) is 5.39. The van der Waals surface area contributed by atoms with Gasteiger partial charge >= 0.3 is 0 Å². The molecule has 4 aliphatic heterocycles. The van der Waals surface area contributed by atoms with Crippen molar-refractivity contribution in [3.05, 3.63) is 0 Å². The van der Waals surface area contributed by atoms with Gasteiger partial charge < -0.3 is 9.26 Å². The maximum atomic E-state index is 12.4. The quantitative estimate of drug-likeness (QED) is 0.578. The summed E-state index contributed by atoms with van der Waals surface area (Å²) in [7, 11) is 0. The molecule has 0 aromatic rings. The molecule has 4 fully saturated rings. The van der Waals surface area contributed by atoms with Crippen LogP contribution < -0.4 is 0 Å². The molecule has 8 heteroatoms.